The van der Waals surface area contributed by atoms with Crippen molar-refractivity contribution >= 4 is 46.8 Å². The molecule has 2 aromatic heterocycles. The van der Waals surface area contributed by atoms with Gasteiger partial charge in [0.2, 0.25) is 0 Å². The van der Waals surface area contributed by atoms with Crippen molar-refractivity contribution in [2.75, 3.05) is 32.0 Å². The van der Waals surface area contributed by atoms with E-state index in [4.69, 9.17) is 0 Å². The summed E-state index contributed by atoms with van der Waals surface area (Å²) in [7, 11) is 3.65. The minimum atomic E-state index is 0. The van der Waals surface area contributed by atoms with Crippen LogP contribution in [0.1, 0.15) is 12.0 Å². The van der Waals surface area contributed by atoms with Crippen molar-refractivity contribution in [3.63, 3.8) is 0 Å². The van der Waals surface area contributed by atoms with E-state index in [-0.39, 0.29) is 24.0 Å². The highest BCUT2D eigenvalue weighted by atomic mass is 127. The summed E-state index contributed by atoms with van der Waals surface area (Å²) < 4.78 is 1.74. The molecule has 0 unspecified atom stereocenters. The van der Waals surface area contributed by atoms with Crippen LogP contribution in [-0.2, 0) is 13.5 Å². The number of rotatable bonds is 8. The van der Waals surface area contributed by atoms with Crippen LogP contribution in [0.2, 0.25) is 0 Å². The molecule has 0 amide bonds. The molecule has 0 radical (unpaired) electrons. The predicted molar refractivity (Wildman–Crippen MR) is 124 cm³/mol. The Morgan fingerprint density at radius 2 is 1.86 bits per heavy atom. The molecule has 0 saturated carbocycles. The largest absolute Gasteiger partial charge is 0.368 e. The van der Waals surface area contributed by atoms with Crippen LogP contribution in [0.15, 0.2) is 47.8 Å². The van der Waals surface area contributed by atoms with Gasteiger partial charge < -0.3 is 16.0 Å². The fourth-order valence-electron chi connectivity index (χ4n) is 2.83. The summed E-state index contributed by atoms with van der Waals surface area (Å²) in [5.41, 5.74) is 2.18. The standard InChI is InChI=1S/C19H26N8.HI/c1-20-19(22-10-6-9-15-7-4-3-5-8-15)23-12-11-21-17-16-13-26-27(2)18(16)25-14-24-17;/h3-5,7-8,13-14H,6,9-12H2,1-2H3,(H2,20,22,23)(H,21,24,25);1H. The third kappa shape index (κ3) is 6.04. The van der Waals surface area contributed by atoms with Crippen LogP contribution in [0.25, 0.3) is 11.0 Å². The zero-order valence-corrected chi connectivity index (χ0v) is 18.6. The van der Waals surface area contributed by atoms with Gasteiger partial charge in [-0.3, -0.25) is 9.67 Å². The van der Waals surface area contributed by atoms with Gasteiger partial charge >= 0.3 is 0 Å². The predicted octanol–water partition coefficient (Wildman–Crippen LogP) is 2.19. The number of halogens is 1. The first-order valence-corrected chi connectivity index (χ1v) is 9.13. The summed E-state index contributed by atoms with van der Waals surface area (Å²) >= 11 is 0. The van der Waals surface area contributed by atoms with Crippen LogP contribution in [0.3, 0.4) is 0 Å². The maximum atomic E-state index is 4.30. The molecule has 1 aromatic carbocycles. The van der Waals surface area contributed by atoms with Crippen LogP contribution in [-0.4, -0.2) is 52.4 Å². The number of hydrogen-bond acceptors (Lipinski definition) is 5. The zero-order valence-electron chi connectivity index (χ0n) is 16.2. The monoisotopic (exact) mass is 494 g/mol. The highest BCUT2D eigenvalue weighted by molar-refractivity contribution is 14.0. The average Bonchev–Trinajstić information content (AvgIpc) is 3.09. The number of hydrogen-bond donors (Lipinski definition) is 3. The van der Waals surface area contributed by atoms with Gasteiger partial charge in [-0.05, 0) is 18.4 Å². The second-order valence-electron chi connectivity index (χ2n) is 6.17. The van der Waals surface area contributed by atoms with E-state index < -0.39 is 0 Å². The van der Waals surface area contributed by atoms with E-state index in [1.54, 1.807) is 24.3 Å². The van der Waals surface area contributed by atoms with E-state index >= 15 is 0 Å². The number of anilines is 1. The molecule has 0 aliphatic heterocycles. The lowest BCUT2D eigenvalue weighted by Crippen LogP contribution is -2.40. The Morgan fingerprint density at radius 1 is 1.07 bits per heavy atom. The molecule has 3 aromatic rings. The van der Waals surface area contributed by atoms with E-state index in [1.807, 2.05) is 13.1 Å². The maximum Gasteiger partial charge on any atom is 0.191 e. The van der Waals surface area contributed by atoms with Gasteiger partial charge in [0, 0.05) is 33.7 Å². The molecule has 28 heavy (non-hydrogen) atoms. The van der Waals surface area contributed by atoms with Gasteiger partial charge in [0.25, 0.3) is 0 Å². The molecule has 0 bridgehead atoms. The number of aliphatic imine (C=N–C) groups is 1. The van der Waals surface area contributed by atoms with Crippen LogP contribution in [0.5, 0.6) is 0 Å². The van der Waals surface area contributed by atoms with Gasteiger partial charge in [0.15, 0.2) is 11.6 Å². The van der Waals surface area contributed by atoms with Gasteiger partial charge in [-0.1, -0.05) is 30.3 Å². The van der Waals surface area contributed by atoms with E-state index in [9.17, 15) is 0 Å². The van der Waals surface area contributed by atoms with Crippen LogP contribution in [0.4, 0.5) is 5.82 Å². The highest BCUT2D eigenvalue weighted by Crippen LogP contribution is 2.16. The van der Waals surface area contributed by atoms with E-state index in [2.05, 4.69) is 60.3 Å². The Morgan fingerprint density at radius 3 is 2.64 bits per heavy atom. The third-order valence-electron chi connectivity index (χ3n) is 4.24. The fourth-order valence-corrected chi connectivity index (χ4v) is 2.83. The van der Waals surface area contributed by atoms with E-state index in [0.29, 0.717) is 6.54 Å². The van der Waals surface area contributed by atoms with Gasteiger partial charge in [0.1, 0.15) is 12.1 Å². The van der Waals surface area contributed by atoms with Gasteiger partial charge in [0.05, 0.1) is 11.6 Å². The van der Waals surface area contributed by atoms with Crippen molar-refractivity contribution in [2.24, 2.45) is 12.0 Å². The van der Waals surface area contributed by atoms with Gasteiger partial charge in [-0.2, -0.15) is 5.10 Å². The second-order valence-corrected chi connectivity index (χ2v) is 6.17. The van der Waals surface area contributed by atoms with Crippen molar-refractivity contribution in [1.29, 1.82) is 0 Å². The lowest BCUT2D eigenvalue weighted by Gasteiger charge is -2.12. The molecule has 0 fully saturated rings. The molecule has 0 aliphatic rings. The molecule has 150 valence electrons. The Hall–Kier alpha value is -2.43. The normalized spacial score (nSPS) is 11.1. The Bertz CT molecular complexity index is 878. The number of fused-ring (bicyclic) bond motifs is 1. The molecule has 0 atom stereocenters. The summed E-state index contributed by atoms with van der Waals surface area (Å²) in [6.45, 7) is 2.32. The summed E-state index contributed by atoms with van der Waals surface area (Å²) in [4.78, 5) is 12.8. The average molecular weight is 494 g/mol. The first-order chi connectivity index (χ1) is 13.3. The molecule has 2 heterocycles. The SMILES string of the molecule is CN=C(NCCCc1ccccc1)NCCNc1ncnc2c1cnn2C.I. The smallest absolute Gasteiger partial charge is 0.191 e. The van der Waals surface area contributed by atoms with Crippen molar-refractivity contribution in [3.8, 4) is 0 Å². The molecule has 3 rings (SSSR count). The minimum absolute atomic E-state index is 0. The van der Waals surface area contributed by atoms with E-state index in [1.165, 1.54) is 5.56 Å². The highest BCUT2D eigenvalue weighted by Gasteiger charge is 2.06. The topological polar surface area (TPSA) is 92.1 Å². The summed E-state index contributed by atoms with van der Waals surface area (Å²) in [6, 6.07) is 10.5. The number of aromatic nitrogens is 4. The number of nitrogens with zero attached hydrogens (tertiary/aromatic N) is 5. The van der Waals surface area contributed by atoms with Crippen molar-refractivity contribution in [1.82, 2.24) is 30.4 Å². The Kier molecular flexibility index (Phi) is 8.92. The Balaban J connectivity index is 0.00000280. The van der Waals surface area contributed by atoms with Crippen molar-refractivity contribution < 1.29 is 0 Å². The third-order valence-corrected chi connectivity index (χ3v) is 4.24. The van der Waals surface area contributed by atoms with Crippen LogP contribution in [0, 0.1) is 0 Å². The summed E-state index contributed by atoms with van der Waals surface area (Å²) in [5, 5.41) is 15.1. The van der Waals surface area contributed by atoms with Gasteiger partial charge in [-0.25, -0.2) is 9.97 Å². The molecular weight excluding hydrogens is 467 g/mol. The lowest BCUT2D eigenvalue weighted by atomic mass is 10.1. The maximum absolute atomic E-state index is 4.30. The lowest BCUT2D eigenvalue weighted by molar-refractivity contribution is 0.744. The molecule has 9 heteroatoms. The summed E-state index contributed by atoms with van der Waals surface area (Å²) in [6.07, 6.45) is 5.44. The zero-order chi connectivity index (χ0) is 18.9. The number of nitrogens with one attached hydrogen (secondary N) is 3. The molecule has 3 N–H and O–H groups in total. The first-order valence-electron chi connectivity index (χ1n) is 9.13. The second kappa shape index (κ2) is 11.4. The fraction of sp³-hybridized carbons (Fsp3) is 0.368. The quantitative estimate of drug-likeness (QED) is 0.193. The molecule has 0 aliphatic carbocycles. The molecule has 8 nitrogen and oxygen atoms in total. The van der Waals surface area contributed by atoms with Gasteiger partial charge in [-0.15, -0.1) is 24.0 Å². The summed E-state index contributed by atoms with van der Waals surface area (Å²) in [5.74, 6) is 1.60. The van der Waals surface area contributed by atoms with Crippen molar-refractivity contribution in [3.05, 3.63) is 48.4 Å². The van der Waals surface area contributed by atoms with E-state index in [0.717, 1.165) is 48.7 Å². The first kappa shape index (κ1) is 21.9. The minimum Gasteiger partial charge on any atom is -0.368 e. The number of guanidine groups is 1. The van der Waals surface area contributed by atoms with Crippen LogP contribution >= 0.6 is 24.0 Å². The van der Waals surface area contributed by atoms with Crippen molar-refractivity contribution in [2.45, 2.75) is 12.8 Å². The number of aryl methyl sites for hydroxylation is 2. The molecule has 0 spiro atoms. The molecular formula is C19H27IN8. The number of benzene rings is 1. The Labute approximate surface area is 182 Å². The molecule has 0 saturated heterocycles. The van der Waals surface area contributed by atoms with Crippen LogP contribution < -0.4 is 16.0 Å².